The molecule has 1 aromatic heterocycles. The summed E-state index contributed by atoms with van der Waals surface area (Å²) in [6.45, 7) is 7.59. The van der Waals surface area contributed by atoms with Gasteiger partial charge in [0.25, 0.3) is 6.43 Å². The number of nitrogens with zero attached hydrogens (tertiary/aromatic N) is 3. The minimum atomic E-state index is -2.85. The van der Waals surface area contributed by atoms with E-state index in [0.717, 1.165) is 60.2 Å². The minimum absolute atomic E-state index is 0.218. The molecule has 0 aliphatic carbocycles. The van der Waals surface area contributed by atoms with Gasteiger partial charge in [0.2, 0.25) is 0 Å². The van der Waals surface area contributed by atoms with Crippen LogP contribution in [0.15, 0.2) is 42.5 Å². The summed E-state index contributed by atoms with van der Waals surface area (Å²) in [4.78, 5) is 9.28. The average Bonchev–Trinajstić information content (AvgIpc) is 2.74. The van der Waals surface area contributed by atoms with Gasteiger partial charge in [-0.05, 0) is 45.2 Å². The molecule has 1 N–H and O–H groups in total. The molecule has 0 radical (unpaired) electrons. The largest absolute Gasteiger partial charge is 0.378 e. The third-order valence-electron chi connectivity index (χ3n) is 5.92. The predicted molar refractivity (Wildman–Crippen MR) is 120 cm³/mol. The van der Waals surface area contributed by atoms with Crippen LogP contribution in [0, 0.1) is 12.7 Å². The first kappa shape index (κ1) is 21.4. The summed E-state index contributed by atoms with van der Waals surface area (Å²) in [7, 11) is 2.12. The summed E-state index contributed by atoms with van der Waals surface area (Å²) in [5.74, 6) is -0.856. The summed E-state index contributed by atoms with van der Waals surface area (Å²) >= 11 is 0. The molecular formula is C24H27F3N4. The highest BCUT2D eigenvalue weighted by molar-refractivity contribution is 5.94. The molecule has 7 heteroatoms. The SMILES string of the molecule is Cc1cc(NC(C)c2cccc(C(F)F)c2F)c2cc(N3CCN(C)CC3)ccc2n1. The van der Waals surface area contributed by atoms with E-state index in [9.17, 15) is 13.2 Å². The first-order chi connectivity index (χ1) is 14.8. The number of alkyl halides is 2. The Labute approximate surface area is 180 Å². The zero-order chi connectivity index (χ0) is 22.1. The van der Waals surface area contributed by atoms with Crippen molar-refractivity contribution < 1.29 is 13.2 Å². The fourth-order valence-electron chi connectivity index (χ4n) is 4.11. The Morgan fingerprint density at radius 1 is 1.00 bits per heavy atom. The quantitative estimate of drug-likeness (QED) is 0.578. The van der Waals surface area contributed by atoms with Gasteiger partial charge in [0.05, 0.1) is 17.1 Å². The fourth-order valence-corrected chi connectivity index (χ4v) is 4.11. The molecule has 1 unspecified atom stereocenters. The second-order valence-electron chi connectivity index (χ2n) is 8.22. The Balaban J connectivity index is 1.68. The summed E-state index contributed by atoms with van der Waals surface area (Å²) in [6.07, 6.45) is -2.85. The number of piperazine rings is 1. The van der Waals surface area contributed by atoms with E-state index < -0.39 is 23.8 Å². The minimum Gasteiger partial charge on any atom is -0.378 e. The number of pyridine rings is 1. The van der Waals surface area contributed by atoms with Gasteiger partial charge < -0.3 is 15.1 Å². The number of nitrogens with one attached hydrogen (secondary N) is 1. The monoisotopic (exact) mass is 428 g/mol. The van der Waals surface area contributed by atoms with Crippen molar-refractivity contribution in [3.63, 3.8) is 0 Å². The van der Waals surface area contributed by atoms with Crippen molar-refractivity contribution in [2.45, 2.75) is 26.3 Å². The lowest BCUT2D eigenvalue weighted by Gasteiger charge is -2.34. The maximum atomic E-state index is 14.7. The van der Waals surface area contributed by atoms with Gasteiger partial charge in [-0.1, -0.05) is 18.2 Å². The molecule has 0 amide bonds. The standard InChI is InChI=1S/C24H27F3N4/c1-15-13-22(29-16(2)18-5-4-6-19(23(18)25)24(26)27)20-14-17(7-8-21(20)28-15)31-11-9-30(3)10-12-31/h4-8,13-14,16,24H,9-12H2,1-3H3,(H,28,29). The molecule has 0 spiro atoms. The number of hydrogen-bond acceptors (Lipinski definition) is 4. The van der Waals surface area contributed by atoms with Gasteiger partial charge in [-0.15, -0.1) is 0 Å². The fraction of sp³-hybridized carbons (Fsp3) is 0.375. The summed E-state index contributed by atoms with van der Waals surface area (Å²) in [5, 5.41) is 4.26. The molecule has 3 aromatic rings. The number of anilines is 2. The molecule has 4 rings (SSSR count). The summed E-state index contributed by atoms with van der Waals surface area (Å²) in [6, 6.07) is 11.8. The van der Waals surface area contributed by atoms with Crippen molar-refractivity contribution in [3.8, 4) is 0 Å². The molecule has 1 aliphatic rings. The second-order valence-corrected chi connectivity index (χ2v) is 8.22. The van der Waals surface area contributed by atoms with Crippen molar-refractivity contribution >= 4 is 22.3 Å². The highest BCUT2D eigenvalue weighted by Gasteiger charge is 2.20. The second kappa shape index (κ2) is 8.75. The zero-order valence-corrected chi connectivity index (χ0v) is 18.0. The van der Waals surface area contributed by atoms with Crippen molar-refractivity contribution in [3.05, 3.63) is 65.1 Å². The van der Waals surface area contributed by atoms with Crippen molar-refractivity contribution in [1.29, 1.82) is 0 Å². The van der Waals surface area contributed by atoms with Crippen molar-refractivity contribution in [2.24, 2.45) is 0 Å². The van der Waals surface area contributed by atoms with Gasteiger partial charge in [-0.2, -0.15) is 0 Å². The van der Waals surface area contributed by atoms with E-state index in [4.69, 9.17) is 0 Å². The van der Waals surface area contributed by atoms with Crippen LogP contribution in [-0.2, 0) is 0 Å². The molecular weight excluding hydrogens is 401 g/mol. The van der Waals surface area contributed by atoms with Gasteiger partial charge in [-0.25, -0.2) is 13.2 Å². The van der Waals surface area contributed by atoms with Gasteiger partial charge >= 0.3 is 0 Å². The third kappa shape index (κ3) is 4.46. The Bertz CT molecular complexity index is 1080. The highest BCUT2D eigenvalue weighted by Crippen LogP contribution is 2.33. The number of halogens is 3. The van der Waals surface area contributed by atoms with Gasteiger partial charge in [0.15, 0.2) is 0 Å². The van der Waals surface area contributed by atoms with Crippen LogP contribution in [0.1, 0.15) is 36.2 Å². The van der Waals surface area contributed by atoms with Crippen LogP contribution < -0.4 is 10.2 Å². The van der Waals surface area contributed by atoms with E-state index in [0.29, 0.717) is 0 Å². The maximum absolute atomic E-state index is 14.7. The lowest BCUT2D eigenvalue weighted by Crippen LogP contribution is -2.44. The zero-order valence-electron chi connectivity index (χ0n) is 18.0. The molecule has 2 heterocycles. The van der Waals surface area contributed by atoms with Crippen LogP contribution in [0.3, 0.4) is 0 Å². The van der Waals surface area contributed by atoms with E-state index in [1.54, 1.807) is 13.0 Å². The topological polar surface area (TPSA) is 31.4 Å². The van der Waals surface area contributed by atoms with Gasteiger partial charge in [-0.3, -0.25) is 4.98 Å². The Morgan fingerprint density at radius 2 is 1.71 bits per heavy atom. The van der Waals surface area contributed by atoms with Crippen molar-refractivity contribution in [1.82, 2.24) is 9.88 Å². The van der Waals surface area contributed by atoms with Crippen LogP contribution >= 0.6 is 0 Å². The number of fused-ring (bicyclic) bond motifs is 1. The molecule has 2 aromatic carbocycles. The van der Waals surface area contributed by atoms with Gasteiger partial charge in [0.1, 0.15) is 5.82 Å². The lowest BCUT2D eigenvalue weighted by atomic mass is 10.0. The van der Waals surface area contributed by atoms with E-state index in [1.165, 1.54) is 6.07 Å². The molecule has 1 fully saturated rings. The predicted octanol–water partition coefficient (Wildman–Crippen LogP) is 5.54. The van der Waals surface area contributed by atoms with Crippen molar-refractivity contribution in [2.75, 3.05) is 43.4 Å². The number of aromatic nitrogens is 1. The summed E-state index contributed by atoms with van der Waals surface area (Å²) in [5.41, 5.74) is 3.25. The van der Waals surface area contributed by atoms with Crippen LogP contribution in [0.5, 0.6) is 0 Å². The molecule has 0 saturated carbocycles. The molecule has 1 atom stereocenters. The lowest BCUT2D eigenvalue weighted by molar-refractivity contribution is 0.146. The first-order valence-electron chi connectivity index (χ1n) is 10.5. The van der Waals surface area contributed by atoms with Crippen LogP contribution in [-0.4, -0.2) is 43.1 Å². The van der Waals surface area contributed by atoms with Crippen LogP contribution in [0.2, 0.25) is 0 Å². The summed E-state index contributed by atoms with van der Waals surface area (Å²) < 4.78 is 40.9. The Kier molecular flexibility index (Phi) is 6.05. The normalized spacial score (nSPS) is 16.2. The Morgan fingerprint density at radius 3 is 2.42 bits per heavy atom. The Hall–Kier alpha value is -2.80. The highest BCUT2D eigenvalue weighted by atomic mass is 19.3. The number of hydrogen-bond donors (Lipinski definition) is 1. The molecule has 164 valence electrons. The molecule has 1 saturated heterocycles. The smallest absolute Gasteiger partial charge is 0.266 e. The van der Waals surface area contributed by atoms with Crippen LogP contribution in [0.4, 0.5) is 24.5 Å². The molecule has 0 bridgehead atoms. The number of benzene rings is 2. The van der Waals surface area contributed by atoms with E-state index in [2.05, 4.69) is 39.3 Å². The average molecular weight is 429 g/mol. The number of aryl methyl sites for hydroxylation is 1. The van der Waals surface area contributed by atoms with E-state index in [-0.39, 0.29) is 5.56 Å². The molecule has 31 heavy (non-hydrogen) atoms. The number of rotatable bonds is 5. The first-order valence-corrected chi connectivity index (χ1v) is 10.5. The maximum Gasteiger partial charge on any atom is 0.266 e. The number of likely N-dealkylation sites (N-methyl/N-ethyl adjacent to an activating group) is 1. The van der Waals surface area contributed by atoms with E-state index in [1.807, 2.05) is 19.1 Å². The molecule has 1 aliphatic heterocycles. The third-order valence-corrected chi connectivity index (χ3v) is 5.92. The van der Waals surface area contributed by atoms with Gasteiger partial charge in [0, 0.05) is 54.2 Å². The van der Waals surface area contributed by atoms with Crippen LogP contribution in [0.25, 0.3) is 10.9 Å². The molecule has 4 nitrogen and oxygen atoms in total. The van der Waals surface area contributed by atoms with E-state index >= 15 is 0 Å².